The van der Waals surface area contributed by atoms with E-state index in [2.05, 4.69) is 22.6 Å². The lowest BCUT2D eigenvalue weighted by molar-refractivity contribution is 0.682. The minimum Gasteiger partial charge on any atom is -0.254 e. The first-order chi connectivity index (χ1) is 8.15. The van der Waals surface area contributed by atoms with Crippen LogP contribution in [0.25, 0.3) is 0 Å². The van der Waals surface area contributed by atoms with Crippen LogP contribution in [0, 0.1) is 10.5 Å². The Bertz CT molecular complexity index is 517. The third-order valence-corrected chi connectivity index (χ3v) is 4.61. The molecule has 1 unspecified atom stereocenters. The second-order valence-corrected chi connectivity index (χ2v) is 6.63. The van der Waals surface area contributed by atoms with Gasteiger partial charge in [-0.25, -0.2) is 0 Å². The standard InChI is InChI=1S/C14H13IOS/c1-11-2-8-14(9-3-11)17(16)10-12-4-6-13(15)7-5-12/h2-9H,10H2,1H3. The molecule has 0 saturated carbocycles. The number of hydrogen-bond acceptors (Lipinski definition) is 1. The highest BCUT2D eigenvalue weighted by Crippen LogP contribution is 2.14. The molecule has 0 radical (unpaired) electrons. The first-order valence-corrected chi connectivity index (χ1v) is 7.74. The first-order valence-electron chi connectivity index (χ1n) is 5.34. The topological polar surface area (TPSA) is 17.1 Å². The molecule has 0 spiro atoms. The van der Waals surface area contributed by atoms with Crippen molar-refractivity contribution in [2.45, 2.75) is 17.6 Å². The van der Waals surface area contributed by atoms with E-state index in [1.54, 1.807) is 0 Å². The minimum atomic E-state index is -0.952. The van der Waals surface area contributed by atoms with Gasteiger partial charge in [0.05, 0.1) is 16.6 Å². The molecule has 2 aromatic rings. The van der Waals surface area contributed by atoms with Crippen molar-refractivity contribution in [2.75, 3.05) is 0 Å². The average molecular weight is 356 g/mol. The summed E-state index contributed by atoms with van der Waals surface area (Å²) in [5.74, 6) is 0.583. The molecule has 0 heterocycles. The molecule has 0 N–H and O–H groups in total. The fourth-order valence-corrected chi connectivity index (χ4v) is 2.97. The molecular weight excluding hydrogens is 343 g/mol. The van der Waals surface area contributed by atoms with Crippen LogP contribution in [0.4, 0.5) is 0 Å². The zero-order chi connectivity index (χ0) is 12.3. The van der Waals surface area contributed by atoms with E-state index in [1.807, 2.05) is 55.5 Å². The Labute approximate surface area is 118 Å². The zero-order valence-electron chi connectivity index (χ0n) is 9.52. The number of benzene rings is 2. The van der Waals surface area contributed by atoms with Crippen LogP contribution in [-0.2, 0) is 16.6 Å². The summed E-state index contributed by atoms with van der Waals surface area (Å²) < 4.78 is 13.3. The predicted molar refractivity (Wildman–Crippen MR) is 80.5 cm³/mol. The van der Waals surface area contributed by atoms with E-state index in [-0.39, 0.29) is 0 Å². The third kappa shape index (κ3) is 3.64. The molecule has 2 rings (SSSR count). The molecule has 0 aliphatic rings. The molecular formula is C14H13IOS. The van der Waals surface area contributed by atoms with Gasteiger partial charge in [0.15, 0.2) is 0 Å². The molecule has 1 nitrogen and oxygen atoms in total. The summed E-state index contributed by atoms with van der Waals surface area (Å²) >= 11 is 2.27. The number of rotatable bonds is 3. The zero-order valence-corrected chi connectivity index (χ0v) is 12.5. The summed E-state index contributed by atoms with van der Waals surface area (Å²) in [5.41, 5.74) is 2.31. The molecule has 3 heteroatoms. The van der Waals surface area contributed by atoms with Crippen molar-refractivity contribution in [2.24, 2.45) is 0 Å². The van der Waals surface area contributed by atoms with E-state index in [1.165, 1.54) is 9.13 Å². The van der Waals surface area contributed by atoms with Gasteiger partial charge in [-0.3, -0.25) is 4.21 Å². The minimum absolute atomic E-state index is 0.583. The summed E-state index contributed by atoms with van der Waals surface area (Å²) in [5, 5.41) is 0. The van der Waals surface area contributed by atoms with E-state index in [0.29, 0.717) is 5.75 Å². The highest BCUT2D eigenvalue weighted by Gasteiger charge is 2.04. The van der Waals surface area contributed by atoms with E-state index in [9.17, 15) is 4.21 Å². The normalized spacial score (nSPS) is 12.4. The highest BCUT2D eigenvalue weighted by atomic mass is 127. The maximum Gasteiger partial charge on any atom is 0.0574 e. The molecule has 0 aliphatic carbocycles. The molecule has 2 aromatic carbocycles. The van der Waals surface area contributed by atoms with Gasteiger partial charge in [-0.05, 0) is 59.3 Å². The molecule has 1 atom stereocenters. The second-order valence-electron chi connectivity index (χ2n) is 3.93. The van der Waals surface area contributed by atoms with Crippen molar-refractivity contribution in [3.8, 4) is 0 Å². The summed E-state index contributed by atoms with van der Waals surface area (Å²) in [6.07, 6.45) is 0. The van der Waals surface area contributed by atoms with Crippen molar-refractivity contribution < 1.29 is 4.21 Å². The Balaban J connectivity index is 2.11. The van der Waals surface area contributed by atoms with Gasteiger partial charge in [0.1, 0.15) is 0 Å². The Hall–Kier alpha value is -0.680. The van der Waals surface area contributed by atoms with Gasteiger partial charge < -0.3 is 0 Å². The Morgan fingerprint density at radius 2 is 1.59 bits per heavy atom. The van der Waals surface area contributed by atoms with Gasteiger partial charge in [-0.15, -0.1) is 0 Å². The molecule has 0 bridgehead atoms. The summed E-state index contributed by atoms with van der Waals surface area (Å²) in [6.45, 7) is 2.03. The Morgan fingerprint density at radius 3 is 2.18 bits per heavy atom. The lowest BCUT2D eigenvalue weighted by Crippen LogP contribution is -1.96. The van der Waals surface area contributed by atoms with E-state index < -0.39 is 10.8 Å². The highest BCUT2D eigenvalue weighted by molar-refractivity contribution is 14.1. The van der Waals surface area contributed by atoms with Crippen LogP contribution in [-0.4, -0.2) is 4.21 Å². The number of halogens is 1. The lowest BCUT2D eigenvalue weighted by Gasteiger charge is -2.03. The molecule has 88 valence electrons. The molecule has 0 saturated heterocycles. The second kappa shape index (κ2) is 5.78. The SMILES string of the molecule is Cc1ccc(S(=O)Cc2ccc(I)cc2)cc1. The molecule has 17 heavy (non-hydrogen) atoms. The monoisotopic (exact) mass is 356 g/mol. The van der Waals surface area contributed by atoms with Crippen molar-refractivity contribution in [1.82, 2.24) is 0 Å². The van der Waals surface area contributed by atoms with Gasteiger partial charge in [0.25, 0.3) is 0 Å². The predicted octanol–water partition coefficient (Wildman–Crippen LogP) is 3.91. The fourth-order valence-electron chi connectivity index (χ4n) is 1.51. The fraction of sp³-hybridized carbons (Fsp3) is 0.143. The van der Waals surface area contributed by atoms with Gasteiger partial charge >= 0.3 is 0 Å². The molecule has 0 fully saturated rings. The van der Waals surface area contributed by atoms with E-state index in [0.717, 1.165) is 10.5 Å². The maximum atomic E-state index is 12.1. The van der Waals surface area contributed by atoms with Gasteiger partial charge in [0.2, 0.25) is 0 Å². The van der Waals surface area contributed by atoms with Crippen LogP contribution in [0.15, 0.2) is 53.4 Å². The van der Waals surface area contributed by atoms with E-state index in [4.69, 9.17) is 0 Å². The van der Waals surface area contributed by atoms with Crippen molar-refractivity contribution in [3.05, 3.63) is 63.2 Å². The van der Waals surface area contributed by atoms with Crippen LogP contribution in [0.1, 0.15) is 11.1 Å². The quantitative estimate of drug-likeness (QED) is 0.763. The summed E-state index contributed by atoms with van der Waals surface area (Å²) in [7, 11) is -0.952. The van der Waals surface area contributed by atoms with Crippen LogP contribution in [0.3, 0.4) is 0 Å². The largest absolute Gasteiger partial charge is 0.254 e. The molecule has 0 aromatic heterocycles. The smallest absolute Gasteiger partial charge is 0.0574 e. The third-order valence-electron chi connectivity index (χ3n) is 2.49. The first kappa shape index (κ1) is 12.8. The van der Waals surface area contributed by atoms with Crippen molar-refractivity contribution in [1.29, 1.82) is 0 Å². The van der Waals surface area contributed by atoms with Crippen LogP contribution < -0.4 is 0 Å². The van der Waals surface area contributed by atoms with Crippen LogP contribution in [0.2, 0.25) is 0 Å². The van der Waals surface area contributed by atoms with Crippen molar-refractivity contribution in [3.63, 3.8) is 0 Å². The van der Waals surface area contributed by atoms with Crippen LogP contribution in [0.5, 0.6) is 0 Å². The number of hydrogen-bond donors (Lipinski definition) is 0. The Morgan fingerprint density at radius 1 is 1.00 bits per heavy atom. The number of aryl methyl sites for hydroxylation is 1. The Kier molecular flexibility index (Phi) is 4.34. The van der Waals surface area contributed by atoms with Crippen LogP contribution >= 0.6 is 22.6 Å². The van der Waals surface area contributed by atoms with Gasteiger partial charge in [-0.2, -0.15) is 0 Å². The van der Waals surface area contributed by atoms with E-state index >= 15 is 0 Å². The summed E-state index contributed by atoms with van der Waals surface area (Å²) in [4.78, 5) is 0.897. The maximum absolute atomic E-state index is 12.1. The lowest BCUT2D eigenvalue weighted by atomic mass is 10.2. The molecule has 0 aliphatic heterocycles. The van der Waals surface area contributed by atoms with Crippen molar-refractivity contribution >= 4 is 33.4 Å². The van der Waals surface area contributed by atoms with Gasteiger partial charge in [-0.1, -0.05) is 29.8 Å². The summed E-state index contributed by atoms with van der Waals surface area (Å²) in [6, 6.07) is 16.0. The van der Waals surface area contributed by atoms with Gasteiger partial charge in [0, 0.05) is 8.47 Å². The molecule has 0 amide bonds. The average Bonchev–Trinajstić information content (AvgIpc) is 2.33.